The lowest BCUT2D eigenvalue weighted by Crippen LogP contribution is -2.45. The largest absolute Gasteiger partial charge is 0.470 e. The van der Waals surface area contributed by atoms with Crippen LogP contribution in [-0.2, 0) is 11.2 Å². The first kappa shape index (κ1) is 16.8. The SMILES string of the molecule is N#Cc1nccnc1OC1CCCN(C(=O)Cc2ccccc2F)C1. The summed E-state index contributed by atoms with van der Waals surface area (Å²) in [5.41, 5.74) is 0.508. The van der Waals surface area contributed by atoms with Crippen LogP contribution in [0.5, 0.6) is 5.88 Å². The van der Waals surface area contributed by atoms with E-state index in [1.165, 1.54) is 18.5 Å². The maximum atomic E-state index is 13.7. The molecule has 128 valence electrons. The van der Waals surface area contributed by atoms with Crippen molar-refractivity contribution in [2.45, 2.75) is 25.4 Å². The molecule has 6 nitrogen and oxygen atoms in total. The van der Waals surface area contributed by atoms with Crippen molar-refractivity contribution in [2.75, 3.05) is 13.1 Å². The Hall–Kier alpha value is -3.01. The smallest absolute Gasteiger partial charge is 0.251 e. The van der Waals surface area contributed by atoms with E-state index in [0.29, 0.717) is 18.7 Å². The van der Waals surface area contributed by atoms with Gasteiger partial charge >= 0.3 is 0 Å². The van der Waals surface area contributed by atoms with E-state index in [4.69, 9.17) is 10.00 Å². The minimum Gasteiger partial charge on any atom is -0.470 e. The molecule has 0 radical (unpaired) electrons. The lowest BCUT2D eigenvalue weighted by Gasteiger charge is -2.32. The topological polar surface area (TPSA) is 79.1 Å². The molecule has 0 spiro atoms. The lowest BCUT2D eigenvalue weighted by atomic mass is 10.1. The van der Waals surface area contributed by atoms with Crippen LogP contribution in [0.25, 0.3) is 0 Å². The molecule has 1 aromatic heterocycles. The number of piperidine rings is 1. The second kappa shape index (κ2) is 7.71. The second-order valence-electron chi connectivity index (χ2n) is 5.81. The van der Waals surface area contributed by atoms with Crippen LogP contribution in [0.1, 0.15) is 24.1 Å². The number of amides is 1. The van der Waals surface area contributed by atoms with Gasteiger partial charge in [0.1, 0.15) is 18.0 Å². The molecule has 0 bridgehead atoms. The fraction of sp³-hybridized carbons (Fsp3) is 0.333. The van der Waals surface area contributed by atoms with Crippen LogP contribution in [0.2, 0.25) is 0 Å². The Morgan fingerprint density at radius 2 is 2.16 bits per heavy atom. The maximum absolute atomic E-state index is 13.7. The number of hydrogen-bond acceptors (Lipinski definition) is 5. The van der Waals surface area contributed by atoms with E-state index < -0.39 is 0 Å². The first-order valence-corrected chi connectivity index (χ1v) is 8.06. The van der Waals surface area contributed by atoms with Crippen molar-refractivity contribution in [3.8, 4) is 11.9 Å². The van der Waals surface area contributed by atoms with Crippen LogP contribution in [0.15, 0.2) is 36.7 Å². The van der Waals surface area contributed by atoms with Crippen LogP contribution in [0, 0.1) is 17.1 Å². The summed E-state index contributed by atoms with van der Waals surface area (Å²) in [6.07, 6.45) is 4.17. The number of likely N-dealkylation sites (tertiary alicyclic amines) is 1. The Morgan fingerprint density at radius 3 is 2.96 bits per heavy atom. The van der Waals surface area contributed by atoms with Crippen molar-refractivity contribution < 1.29 is 13.9 Å². The summed E-state index contributed by atoms with van der Waals surface area (Å²) in [7, 11) is 0. The molecule has 3 rings (SSSR count). The summed E-state index contributed by atoms with van der Waals surface area (Å²) in [6, 6.07) is 8.21. The summed E-state index contributed by atoms with van der Waals surface area (Å²) in [4.78, 5) is 22.1. The van der Waals surface area contributed by atoms with Crippen molar-refractivity contribution in [2.24, 2.45) is 0 Å². The fourth-order valence-electron chi connectivity index (χ4n) is 2.82. The number of carbonyl (C=O) groups excluding carboxylic acids is 1. The summed E-state index contributed by atoms with van der Waals surface area (Å²) in [6.45, 7) is 0.994. The molecule has 1 fully saturated rings. The monoisotopic (exact) mass is 340 g/mol. The Labute approximate surface area is 144 Å². The summed E-state index contributed by atoms with van der Waals surface area (Å²) >= 11 is 0. The van der Waals surface area contributed by atoms with Crippen LogP contribution in [0.4, 0.5) is 4.39 Å². The van der Waals surface area contributed by atoms with Gasteiger partial charge in [-0.2, -0.15) is 5.26 Å². The first-order chi connectivity index (χ1) is 12.2. The van der Waals surface area contributed by atoms with Crippen molar-refractivity contribution in [3.63, 3.8) is 0 Å². The molecular weight excluding hydrogens is 323 g/mol. The van der Waals surface area contributed by atoms with Gasteiger partial charge in [0.25, 0.3) is 5.88 Å². The van der Waals surface area contributed by atoms with Crippen molar-refractivity contribution in [1.29, 1.82) is 5.26 Å². The average Bonchev–Trinajstić information content (AvgIpc) is 2.64. The van der Waals surface area contributed by atoms with E-state index in [0.717, 1.165) is 12.8 Å². The highest BCUT2D eigenvalue weighted by Crippen LogP contribution is 2.19. The molecule has 2 aromatic rings. The molecule has 1 amide bonds. The third kappa shape index (κ3) is 4.10. The quantitative estimate of drug-likeness (QED) is 0.851. The molecule has 2 heterocycles. The van der Waals surface area contributed by atoms with Crippen LogP contribution < -0.4 is 4.74 Å². The average molecular weight is 340 g/mol. The van der Waals surface area contributed by atoms with E-state index in [-0.39, 0.29) is 35.8 Å². The Morgan fingerprint density at radius 1 is 1.36 bits per heavy atom. The molecule has 25 heavy (non-hydrogen) atoms. The highest BCUT2D eigenvalue weighted by atomic mass is 19.1. The predicted octanol–water partition coefficient (Wildman–Crippen LogP) is 2.10. The number of aromatic nitrogens is 2. The van der Waals surface area contributed by atoms with Gasteiger partial charge in [-0.3, -0.25) is 4.79 Å². The number of ether oxygens (including phenoxy) is 1. The van der Waals surface area contributed by atoms with Crippen molar-refractivity contribution >= 4 is 5.91 Å². The Bertz CT molecular complexity index is 806. The van der Waals surface area contributed by atoms with Gasteiger partial charge in [-0.25, -0.2) is 14.4 Å². The van der Waals surface area contributed by atoms with Gasteiger partial charge in [0.15, 0.2) is 0 Å². The van der Waals surface area contributed by atoms with Crippen molar-refractivity contribution in [1.82, 2.24) is 14.9 Å². The zero-order valence-electron chi connectivity index (χ0n) is 13.6. The van der Waals surface area contributed by atoms with Crippen LogP contribution >= 0.6 is 0 Å². The third-order valence-electron chi connectivity index (χ3n) is 4.08. The number of hydrogen-bond donors (Lipinski definition) is 0. The molecule has 1 aliphatic heterocycles. The summed E-state index contributed by atoms with van der Waals surface area (Å²) in [5.74, 6) is -0.338. The van der Waals surface area contributed by atoms with E-state index >= 15 is 0 Å². The fourth-order valence-corrected chi connectivity index (χ4v) is 2.82. The first-order valence-electron chi connectivity index (χ1n) is 8.06. The highest BCUT2D eigenvalue weighted by Gasteiger charge is 2.26. The third-order valence-corrected chi connectivity index (χ3v) is 4.08. The number of nitriles is 1. The van der Waals surface area contributed by atoms with E-state index in [9.17, 15) is 9.18 Å². The molecule has 0 aliphatic carbocycles. The standard InChI is InChI=1S/C18H17FN4O2/c19-15-6-2-1-4-13(15)10-17(24)23-9-3-5-14(12-23)25-18-16(11-20)21-7-8-22-18/h1-2,4,6-8,14H,3,5,9-10,12H2. The molecule has 0 saturated carbocycles. The molecule has 1 atom stereocenters. The lowest BCUT2D eigenvalue weighted by molar-refractivity contribution is -0.133. The minimum absolute atomic E-state index is 0.0218. The van der Waals surface area contributed by atoms with Crippen LogP contribution in [-0.4, -0.2) is 40.0 Å². The summed E-state index contributed by atoms with van der Waals surface area (Å²) in [5, 5.41) is 9.05. The van der Waals surface area contributed by atoms with Gasteiger partial charge in [-0.05, 0) is 24.5 Å². The normalized spacial score (nSPS) is 17.0. The van der Waals surface area contributed by atoms with Gasteiger partial charge in [-0.1, -0.05) is 18.2 Å². The van der Waals surface area contributed by atoms with Crippen LogP contribution in [0.3, 0.4) is 0 Å². The van der Waals surface area contributed by atoms with Gasteiger partial charge in [0.05, 0.1) is 13.0 Å². The Kier molecular flexibility index (Phi) is 5.19. The number of benzene rings is 1. The van der Waals surface area contributed by atoms with Crippen molar-refractivity contribution in [3.05, 3.63) is 53.7 Å². The number of halogens is 1. The molecule has 7 heteroatoms. The molecular formula is C18H17FN4O2. The molecule has 1 saturated heterocycles. The minimum atomic E-state index is -0.376. The maximum Gasteiger partial charge on any atom is 0.251 e. The van der Waals surface area contributed by atoms with E-state index in [2.05, 4.69) is 9.97 Å². The highest BCUT2D eigenvalue weighted by molar-refractivity contribution is 5.79. The zero-order valence-corrected chi connectivity index (χ0v) is 13.6. The zero-order chi connectivity index (χ0) is 17.6. The van der Waals surface area contributed by atoms with Gasteiger partial charge in [0.2, 0.25) is 11.6 Å². The molecule has 1 aromatic carbocycles. The van der Waals surface area contributed by atoms with E-state index in [1.807, 2.05) is 6.07 Å². The van der Waals surface area contributed by atoms with Gasteiger partial charge in [-0.15, -0.1) is 0 Å². The molecule has 1 unspecified atom stereocenters. The number of rotatable bonds is 4. The molecule has 0 N–H and O–H groups in total. The van der Waals surface area contributed by atoms with Gasteiger partial charge in [0, 0.05) is 18.9 Å². The van der Waals surface area contributed by atoms with Gasteiger partial charge < -0.3 is 9.64 Å². The number of carbonyl (C=O) groups is 1. The second-order valence-corrected chi connectivity index (χ2v) is 5.81. The predicted molar refractivity (Wildman–Crippen MR) is 87.1 cm³/mol. The Balaban J connectivity index is 1.64. The molecule has 1 aliphatic rings. The summed E-state index contributed by atoms with van der Waals surface area (Å²) < 4.78 is 19.5. The number of nitrogens with zero attached hydrogens (tertiary/aromatic N) is 4. The van der Waals surface area contributed by atoms with E-state index in [1.54, 1.807) is 23.1 Å².